The van der Waals surface area contributed by atoms with Crippen LogP contribution in [-0.4, -0.2) is 36.1 Å². The summed E-state index contributed by atoms with van der Waals surface area (Å²) in [5.41, 5.74) is 6.61. The molecule has 0 saturated carbocycles. The third-order valence-corrected chi connectivity index (χ3v) is 2.97. The molecule has 7 heteroatoms. The second-order valence-corrected chi connectivity index (χ2v) is 4.74. The minimum atomic E-state index is -1.21. The van der Waals surface area contributed by atoms with E-state index in [-0.39, 0.29) is 12.8 Å². The Labute approximate surface area is 122 Å². The normalized spacial score (nSPS) is 11.5. The average Bonchev–Trinajstić information content (AvgIpc) is 2.41. The zero-order valence-corrected chi connectivity index (χ0v) is 12.0. The molecule has 1 atom stereocenters. The Hall–Kier alpha value is -2.57. The van der Waals surface area contributed by atoms with E-state index in [1.165, 1.54) is 11.9 Å². The number of hydrogen-bond donors (Lipinski definition) is 3. The molecule has 3 amide bonds. The van der Waals surface area contributed by atoms with Gasteiger partial charge in [-0.1, -0.05) is 12.1 Å². The van der Waals surface area contributed by atoms with Gasteiger partial charge < -0.3 is 16.2 Å². The third-order valence-electron chi connectivity index (χ3n) is 2.97. The molecule has 0 aromatic heterocycles. The van der Waals surface area contributed by atoms with Crippen molar-refractivity contribution in [3.63, 3.8) is 0 Å². The van der Waals surface area contributed by atoms with Crippen LogP contribution in [0, 0.1) is 6.92 Å². The zero-order valence-electron chi connectivity index (χ0n) is 12.0. The molecule has 21 heavy (non-hydrogen) atoms. The highest BCUT2D eigenvalue weighted by molar-refractivity contribution is 5.94. The Morgan fingerprint density at radius 2 is 2.05 bits per heavy atom. The van der Waals surface area contributed by atoms with E-state index in [1.54, 1.807) is 18.2 Å². The van der Waals surface area contributed by atoms with Crippen LogP contribution in [0.2, 0.25) is 0 Å². The maximum atomic E-state index is 12.0. The lowest BCUT2D eigenvalue weighted by molar-refractivity contribution is -0.139. The number of anilines is 1. The van der Waals surface area contributed by atoms with E-state index in [9.17, 15) is 14.4 Å². The molecular formula is C14H19N3O4. The molecule has 0 aliphatic rings. The molecule has 1 aromatic rings. The first-order valence-corrected chi connectivity index (χ1v) is 6.43. The predicted molar refractivity (Wildman–Crippen MR) is 78.0 cm³/mol. The highest BCUT2D eigenvalue weighted by Crippen LogP contribution is 2.14. The number of hydrogen-bond acceptors (Lipinski definition) is 3. The summed E-state index contributed by atoms with van der Waals surface area (Å²) in [7, 11) is 1.54. The summed E-state index contributed by atoms with van der Waals surface area (Å²) in [6.45, 7) is 1.89. The lowest BCUT2D eigenvalue weighted by Crippen LogP contribution is -2.47. The molecule has 114 valence electrons. The summed E-state index contributed by atoms with van der Waals surface area (Å²) >= 11 is 0. The summed E-state index contributed by atoms with van der Waals surface area (Å²) in [4.78, 5) is 35.1. The summed E-state index contributed by atoms with van der Waals surface area (Å²) in [6, 6.07) is 5.53. The molecule has 7 nitrogen and oxygen atoms in total. The Morgan fingerprint density at radius 1 is 1.38 bits per heavy atom. The molecule has 0 aliphatic heterocycles. The molecule has 0 fully saturated rings. The van der Waals surface area contributed by atoms with Crippen molar-refractivity contribution in [2.45, 2.75) is 25.8 Å². The van der Waals surface area contributed by atoms with Gasteiger partial charge in [-0.15, -0.1) is 0 Å². The highest BCUT2D eigenvalue weighted by Gasteiger charge is 2.22. The smallest absolute Gasteiger partial charge is 0.326 e. The highest BCUT2D eigenvalue weighted by atomic mass is 16.4. The topological polar surface area (TPSA) is 113 Å². The van der Waals surface area contributed by atoms with Crippen LogP contribution in [0.25, 0.3) is 0 Å². The maximum Gasteiger partial charge on any atom is 0.326 e. The fourth-order valence-electron chi connectivity index (χ4n) is 1.74. The van der Waals surface area contributed by atoms with Gasteiger partial charge in [0.25, 0.3) is 0 Å². The van der Waals surface area contributed by atoms with E-state index in [2.05, 4.69) is 5.32 Å². The molecule has 0 spiro atoms. The van der Waals surface area contributed by atoms with Gasteiger partial charge in [0.1, 0.15) is 6.04 Å². The van der Waals surface area contributed by atoms with Crippen LogP contribution in [0.15, 0.2) is 24.3 Å². The number of nitrogens with one attached hydrogen (secondary N) is 1. The Balaban J connectivity index is 2.72. The summed E-state index contributed by atoms with van der Waals surface area (Å²) in [5.74, 6) is -1.82. The number of carboxylic acid groups (broad SMARTS) is 1. The number of aliphatic carboxylic acids is 1. The van der Waals surface area contributed by atoms with Crippen LogP contribution in [-0.2, 0) is 9.59 Å². The van der Waals surface area contributed by atoms with E-state index in [4.69, 9.17) is 10.8 Å². The van der Waals surface area contributed by atoms with Crippen LogP contribution in [0.4, 0.5) is 10.5 Å². The Bertz CT molecular complexity index is 545. The van der Waals surface area contributed by atoms with Crippen molar-refractivity contribution in [2.24, 2.45) is 5.73 Å². The number of primary amides is 1. The molecule has 1 rings (SSSR count). The van der Waals surface area contributed by atoms with Crippen molar-refractivity contribution in [3.8, 4) is 0 Å². The van der Waals surface area contributed by atoms with Crippen LogP contribution in [0.1, 0.15) is 18.4 Å². The van der Waals surface area contributed by atoms with E-state index in [0.717, 1.165) is 5.56 Å². The van der Waals surface area contributed by atoms with Gasteiger partial charge >= 0.3 is 12.0 Å². The van der Waals surface area contributed by atoms with Gasteiger partial charge in [-0.3, -0.25) is 9.69 Å². The van der Waals surface area contributed by atoms with E-state index in [0.29, 0.717) is 5.69 Å². The number of carbonyl (C=O) groups is 3. The van der Waals surface area contributed by atoms with E-state index in [1.807, 2.05) is 13.0 Å². The molecule has 1 aromatic carbocycles. The molecular weight excluding hydrogens is 274 g/mol. The zero-order chi connectivity index (χ0) is 16.0. The monoisotopic (exact) mass is 293 g/mol. The number of aryl methyl sites for hydroxylation is 1. The molecule has 0 aliphatic carbocycles. The van der Waals surface area contributed by atoms with E-state index >= 15 is 0 Å². The molecule has 0 radical (unpaired) electrons. The number of benzene rings is 1. The van der Waals surface area contributed by atoms with Crippen molar-refractivity contribution in [3.05, 3.63) is 29.8 Å². The van der Waals surface area contributed by atoms with Crippen LogP contribution >= 0.6 is 0 Å². The average molecular weight is 293 g/mol. The first-order chi connectivity index (χ1) is 9.81. The van der Waals surface area contributed by atoms with Gasteiger partial charge in [0.2, 0.25) is 5.91 Å². The first kappa shape index (κ1) is 16.5. The molecule has 1 unspecified atom stereocenters. The number of nitrogens with zero attached hydrogens (tertiary/aromatic N) is 1. The Morgan fingerprint density at radius 3 is 2.57 bits per heavy atom. The summed E-state index contributed by atoms with van der Waals surface area (Å²) in [5, 5.41) is 11.4. The van der Waals surface area contributed by atoms with Gasteiger partial charge in [0.05, 0.1) is 0 Å². The van der Waals surface area contributed by atoms with Crippen molar-refractivity contribution < 1.29 is 19.5 Å². The van der Waals surface area contributed by atoms with E-state index < -0.39 is 23.9 Å². The minimum Gasteiger partial charge on any atom is -0.480 e. The quantitative estimate of drug-likeness (QED) is 0.722. The van der Waals surface area contributed by atoms with Gasteiger partial charge in [-0.05, 0) is 31.0 Å². The number of nitrogens with two attached hydrogens (primary N) is 1. The Kier molecular flexibility index (Phi) is 5.71. The van der Waals surface area contributed by atoms with Gasteiger partial charge in [-0.25, -0.2) is 9.59 Å². The second-order valence-electron chi connectivity index (χ2n) is 4.74. The fraction of sp³-hybridized carbons (Fsp3) is 0.357. The lowest BCUT2D eigenvalue weighted by Gasteiger charge is -2.21. The van der Waals surface area contributed by atoms with Crippen molar-refractivity contribution in [1.29, 1.82) is 0 Å². The standard InChI is InChI=1S/C14H19N3O4/c1-9-4-3-5-10(8-9)17(2)14(21)16-11(13(19)20)6-7-12(15)18/h3-5,8,11H,6-7H2,1-2H3,(H2,15,18)(H,16,21)(H,19,20). The molecule has 0 heterocycles. The summed E-state index contributed by atoms with van der Waals surface area (Å²) < 4.78 is 0. The van der Waals surface area contributed by atoms with Gasteiger partial charge in [0.15, 0.2) is 0 Å². The van der Waals surface area contributed by atoms with Crippen molar-refractivity contribution in [1.82, 2.24) is 5.32 Å². The van der Waals surface area contributed by atoms with Crippen LogP contribution in [0.3, 0.4) is 0 Å². The molecule has 4 N–H and O–H groups in total. The van der Waals surface area contributed by atoms with Crippen LogP contribution in [0.5, 0.6) is 0 Å². The predicted octanol–water partition coefficient (Wildman–Crippen LogP) is 0.860. The molecule has 0 bridgehead atoms. The van der Waals surface area contributed by atoms with Crippen molar-refractivity contribution >= 4 is 23.6 Å². The number of carboxylic acids is 1. The third kappa shape index (κ3) is 5.13. The largest absolute Gasteiger partial charge is 0.480 e. The first-order valence-electron chi connectivity index (χ1n) is 6.43. The van der Waals surface area contributed by atoms with Gasteiger partial charge in [-0.2, -0.15) is 0 Å². The lowest BCUT2D eigenvalue weighted by atomic mass is 10.1. The number of rotatable bonds is 6. The van der Waals surface area contributed by atoms with Crippen LogP contribution < -0.4 is 16.0 Å². The second kappa shape index (κ2) is 7.28. The number of carbonyl (C=O) groups excluding carboxylic acids is 2. The SMILES string of the molecule is Cc1cccc(N(C)C(=O)NC(CCC(N)=O)C(=O)O)c1. The molecule has 0 saturated heterocycles. The number of urea groups is 1. The maximum absolute atomic E-state index is 12.0. The number of amides is 3. The van der Waals surface area contributed by atoms with Gasteiger partial charge in [0, 0.05) is 19.2 Å². The fourth-order valence-corrected chi connectivity index (χ4v) is 1.74. The van der Waals surface area contributed by atoms with Crippen molar-refractivity contribution in [2.75, 3.05) is 11.9 Å². The minimum absolute atomic E-state index is 0.0436. The summed E-state index contributed by atoms with van der Waals surface area (Å²) in [6.07, 6.45) is -0.149.